The first kappa shape index (κ1) is 22.4. The van der Waals surface area contributed by atoms with Gasteiger partial charge in [0, 0.05) is 42.7 Å². The third-order valence-corrected chi connectivity index (χ3v) is 5.90. The first-order valence-corrected chi connectivity index (χ1v) is 11.3. The third-order valence-electron chi connectivity index (χ3n) is 5.90. The van der Waals surface area contributed by atoms with Gasteiger partial charge in [0.1, 0.15) is 11.6 Å². The number of pyridine rings is 1. The van der Waals surface area contributed by atoms with Gasteiger partial charge in [-0.05, 0) is 49.9 Å². The zero-order valence-electron chi connectivity index (χ0n) is 18.8. The number of piperidine rings is 1. The molecule has 2 aromatic heterocycles. The molecule has 0 spiro atoms. The number of aromatic nitrogens is 2. The molecule has 0 atom stereocenters. The lowest BCUT2D eigenvalue weighted by molar-refractivity contribution is -0.121. The van der Waals surface area contributed by atoms with Crippen LogP contribution in [-0.4, -0.2) is 47.7 Å². The van der Waals surface area contributed by atoms with Crippen molar-refractivity contribution in [2.24, 2.45) is 0 Å². The zero-order chi connectivity index (χ0) is 23.2. The maximum absolute atomic E-state index is 12.5. The maximum atomic E-state index is 12.5. The summed E-state index contributed by atoms with van der Waals surface area (Å²) in [5.41, 5.74) is 8.70. The molecule has 9 heteroatoms. The topological polar surface area (TPSA) is 125 Å². The molecule has 4 rings (SSSR count). The van der Waals surface area contributed by atoms with E-state index in [1.807, 2.05) is 30.5 Å². The average Bonchev–Trinajstić information content (AvgIpc) is 3.23. The number of nitrogens with zero attached hydrogens (tertiary/aromatic N) is 2. The van der Waals surface area contributed by atoms with Crippen molar-refractivity contribution in [3.8, 4) is 0 Å². The van der Waals surface area contributed by atoms with E-state index in [1.165, 1.54) is 10.9 Å². The number of nitrogens with two attached hydrogens (primary N) is 1. The Balaban J connectivity index is 1.24. The second kappa shape index (κ2) is 10.2. The molecule has 1 aliphatic heterocycles. The van der Waals surface area contributed by atoms with Crippen molar-refractivity contribution in [2.45, 2.75) is 38.6 Å². The number of rotatable bonds is 7. The van der Waals surface area contributed by atoms with E-state index in [0.717, 1.165) is 37.3 Å². The van der Waals surface area contributed by atoms with E-state index in [-0.39, 0.29) is 24.4 Å². The smallest absolute Gasteiger partial charge is 0.411 e. The normalized spacial score (nSPS) is 14.3. The van der Waals surface area contributed by atoms with Gasteiger partial charge in [-0.25, -0.2) is 9.78 Å². The number of nitrogens with one attached hydrogen (secondary N) is 3. The summed E-state index contributed by atoms with van der Waals surface area (Å²) in [7, 11) is 0. The van der Waals surface area contributed by atoms with E-state index in [9.17, 15) is 9.59 Å². The molecule has 5 N–H and O–H groups in total. The van der Waals surface area contributed by atoms with E-state index in [2.05, 4.69) is 31.6 Å². The Morgan fingerprint density at radius 1 is 1.21 bits per heavy atom. The lowest BCUT2D eigenvalue weighted by Crippen LogP contribution is -2.45. The lowest BCUT2D eigenvalue weighted by Gasteiger charge is -2.33. The summed E-state index contributed by atoms with van der Waals surface area (Å²) in [6.45, 7) is 3.56. The molecule has 1 saturated heterocycles. The molecule has 2 amide bonds. The van der Waals surface area contributed by atoms with Crippen LogP contribution in [0.1, 0.15) is 31.7 Å². The number of fused-ring (bicyclic) bond motifs is 1. The van der Waals surface area contributed by atoms with Gasteiger partial charge in [0.15, 0.2) is 0 Å². The molecule has 33 heavy (non-hydrogen) atoms. The minimum atomic E-state index is -0.556. The van der Waals surface area contributed by atoms with Crippen LogP contribution in [0.25, 0.3) is 10.9 Å². The maximum Gasteiger partial charge on any atom is 0.411 e. The summed E-state index contributed by atoms with van der Waals surface area (Å²) in [5, 5.41) is 6.93. The number of aromatic amines is 1. The molecule has 3 aromatic rings. The second-order valence-electron chi connectivity index (χ2n) is 8.14. The van der Waals surface area contributed by atoms with E-state index in [0.29, 0.717) is 18.5 Å². The monoisotopic (exact) mass is 450 g/mol. The zero-order valence-corrected chi connectivity index (χ0v) is 18.8. The highest BCUT2D eigenvalue weighted by molar-refractivity contribution is 5.88. The Bertz CT molecular complexity index is 1120. The number of nitrogen functional groups attached to an aromatic ring is 1. The number of aryl methyl sites for hydroxylation is 1. The molecular formula is C24H30N6O3. The van der Waals surface area contributed by atoms with Crippen molar-refractivity contribution in [3.05, 3.63) is 48.2 Å². The Labute approximate surface area is 192 Å². The SMILES string of the molecule is CCOC(=O)Nc1ccc(N2CCC(NC(=O)CCc3c[nH]c4ccccc34)CC2)nc1N. The molecule has 0 saturated carbocycles. The van der Waals surface area contributed by atoms with Crippen molar-refractivity contribution in [1.29, 1.82) is 0 Å². The highest BCUT2D eigenvalue weighted by Crippen LogP contribution is 2.24. The molecule has 1 aromatic carbocycles. The van der Waals surface area contributed by atoms with E-state index in [1.54, 1.807) is 13.0 Å². The van der Waals surface area contributed by atoms with Crippen LogP contribution in [0.4, 0.5) is 22.1 Å². The first-order chi connectivity index (χ1) is 16.0. The van der Waals surface area contributed by atoms with Gasteiger partial charge in [0.05, 0.1) is 12.3 Å². The molecule has 0 bridgehead atoms. The number of H-pyrrole nitrogens is 1. The Morgan fingerprint density at radius 2 is 2.00 bits per heavy atom. The summed E-state index contributed by atoms with van der Waals surface area (Å²) in [6, 6.07) is 11.8. The molecule has 0 unspecified atom stereocenters. The standard InChI is InChI=1S/C24H30N6O3/c1-2-33-24(32)28-20-8-9-21(29-23(20)25)30-13-11-17(12-14-30)27-22(31)10-7-16-15-26-19-6-4-3-5-18(16)19/h3-6,8-9,15,17,26H,2,7,10-14H2,1H3,(H2,25,29)(H,27,31)(H,28,32). The summed E-state index contributed by atoms with van der Waals surface area (Å²) in [5.74, 6) is 1.08. The van der Waals surface area contributed by atoms with Crippen molar-refractivity contribution in [2.75, 3.05) is 35.6 Å². The van der Waals surface area contributed by atoms with Gasteiger partial charge in [0.2, 0.25) is 5.91 Å². The Kier molecular flexibility index (Phi) is 6.97. The number of benzene rings is 1. The Hall–Kier alpha value is -3.75. The van der Waals surface area contributed by atoms with Crippen LogP contribution < -0.4 is 21.3 Å². The largest absolute Gasteiger partial charge is 0.450 e. The van der Waals surface area contributed by atoms with Gasteiger partial charge >= 0.3 is 6.09 Å². The van der Waals surface area contributed by atoms with E-state index < -0.39 is 6.09 Å². The van der Waals surface area contributed by atoms with Crippen molar-refractivity contribution >= 4 is 40.2 Å². The molecular weight excluding hydrogens is 420 g/mol. The molecule has 1 aliphatic rings. The minimum absolute atomic E-state index is 0.0792. The molecule has 174 valence electrons. The average molecular weight is 451 g/mol. The lowest BCUT2D eigenvalue weighted by atomic mass is 10.0. The first-order valence-electron chi connectivity index (χ1n) is 11.3. The number of carbonyl (C=O) groups excluding carboxylic acids is 2. The number of para-hydroxylation sites is 1. The number of anilines is 3. The Morgan fingerprint density at radius 3 is 2.76 bits per heavy atom. The highest BCUT2D eigenvalue weighted by atomic mass is 16.5. The molecule has 0 aliphatic carbocycles. The van der Waals surface area contributed by atoms with Crippen molar-refractivity contribution in [1.82, 2.24) is 15.3 Å². The predicted octanol–water partition coefficient (Wildman–Crippen LogP) is 3.43. The van der Waals surface area contributed by atoms with Crippen LogP contribution in [0.5, 0.6) is 0 Å². The van der Waals surface area contributed by atoms with Crippen molar-refractivity contribution < 1.29 is 14.3 Å². The van der Waals surface area contributed by atoms with Crippen LogP contribution in [0.2, 0.25) is 0 Å². The van der Waals surface area contributed by atoms with Gasteiger partial charge in [-0.1, -0.05) is 18.2 Å². The van der Waals surface area contributed by atoms with Crippen LogP contribution in [0, 0.1) is 0 Å². The quantitative estimate of drug-likeness (QED) is 0.437. The fraction of sp³-hybridized carbons (Fsp3) is 0.375. The third kappa shape index (κ3) is 5.54. The fourth-order valence-electron chi connectivity index (χ4n) is 4.16. The van der Waals surface area contributed by atoms with Gasteiger partial charge in [-0.3, -0.25) is 10.1 Å². The van der Waals surface area contributed by atoms with E-state index in [4.69, 9.17) is 10.5 Å². The molecule has 3 heterocycles. The summed E-state index contributed by atoms with van der Waals surface area (Å²) in [6.07, 6.45) is 4.29. The van der Waals surface area contributed by atoms with Gasteiger partial charge in [-0.2, -0.15) is 0 Å². The van der Waals surface area contributed by atoms with Crippen LogP contribution in [0.15, 0.2) is 42.6 Å². The highest BCUT2D eigenvalue weighted by Gasteiger charge is 2.22. The van der Waals surface area contributed by atoms with Crippen LogP contribution in [-0.2, 0) is 16.0 Å². The number of hydrogen-bond acceptors (Lipinski definition) is 6. The fourth-order valence-corrected chi connectivity index (χ4v) is 4.16. The summed E-state index contributed by atoms with van der Waals surface area (Å²) >= 11 is 0. The minimum Gasteiger partial charge on any atom is -0.450 e. The number of carbonyl (C=O) groups is 2. The van der Waals surface area contributed by atoms with Crippen molar-refractivity contribution in [3.63, 3.8) is 0 Å². The number of ether oxygens (including phenoxy) is 1. The van der Waals surface area contributed by atoms with Gasteiger partial charge < -0.3 is 25.7 Å². The predicted molar refractivity (Wildman–Crippen MR) is 129 cm³/mol. The van der Waals surface area contributed by atoms with Gasteiger partial charge in [-0.15, -0.1) is 0 Å². The van der Waals surface area contributed by atoms with Crippen LogP contribution in [0.3, 0.4) is 0 Å². The van der Waals surface area contributed by atoms with E-state index >= 15 is 0 Å². The molecule has 1 fully saturated rings. The summed E-state index contributed by atoms with van der Waals surface area (Å²) in [4.78, 5) is 33.9. The summed E-state index contributed by atoms with van der Waals surface area (Å²) < 4.78 is 4.87. The van der Waals surface area contributed by atoms with Crippen LogP contribution >= 0.6 is 0 Å². The number of hydrogen-bond donors (Lipinski definition) is 4. The second-order valence-corrected chi connectivity index (χ2v) is 8.14. The van der Waals surface area contributed by atoms with Gasteiger partial charge in [0.25, 0.3) is 0 Å². The molecule has 9 nitrogen and oxygen atoms in total. The molecule has 0 radical (unpaired) electrons. The number of amides is 2.